The van der Waals surface area contributed by atoms with Gasteiger partial charge >= 0.3 is 5.97 Å². The van der Waals surface area contributed by atoms with Crippen molar-refractivity contribution >= 4 is 35.5 Å². The van der Waals surface area contributed by atoms with Gasteiger partial charge in [-0.05, 0) is 12.8 Å². The van der Waals surface area contributed by atoms with Crippen LogP contribution >= 0.6 is 11.8 Å². The largest absolute Gasteiger partial charge is 0.506 e. The van der Waals surface area contributed by atoms with Crippen LogP contribution in [0.4, 0.5) is 0 Å². The van der Waals surface area contributed by atoms with Crippen molar-refractivity contribution in [1.29, 1.82) is 0 Å². The lowest BCUT2D eigenvalue weighted by molar-refractivity contribution is -0.145. The number of nitrogens with two attached hydrogens (primary N) is 2. The molecule has 0 bridgehead atoms. The zero-order valence-electron chi connectivity index (χ0n) is 19.3. The average molecular weight is 502 g/mol. The molecule has 1 aromatic rings. The highest BCUT2D eigenvalue weighted by molar-refractivity contribution is 8.00. The summed E-state index contributed by atoms with van der Waals surface area (Å²) >= 11 is 0.937. The van der Waals surface area contributed by atoms with Gasteiger partial charge in [-0.3, -0.25) is 14.6 Å². The quantitative estimate of drug-likeness (QED) is 0.0474. The van der Waals surface area contributed by atoms with Crippen molar-refractivity contribution < 1.29 is 38.8 Å². The van der Waals surface area contributed by atoms with E-state index in [4.69, 9.17) is 25.7 Å². The number of carbonyl (C=O) groups is 3. The van der Waals surface area contributed by atoms with Crippen LogP contribution in [0.1, 0.15) is 19.3 Å². The summed E-state index contributed by atoms with van der Waals surface area (Å²) < 4.78 is 14.7. The predicted octanol–water partition coefficient (Wildman–Crippen LogP) is -0.575. The molecule has 14 heteroatoms. The molecule has 0 spiro atoms. The average Bonchev–Trinajstić information content (AvgIpc) is 2.80. The van der Waals surface area contributed by atoms with Crippen molar-refractivity contribution in [2.45, 2.75) is 30.2 Å². The maximum atomic E-state index is 12.2. The Morgan fingerprint density at radius 1 is 1.15 bits per heavy atom. The number of rotatable bonds is 14. The molecule has 0 aliphatic heterocycles. The Labute approximate surface area is 201 Å². The summed E-state index contributed by atoms with van der Waals surface area (Å²) in [6.45, 7) is 0.315. The minimum atomic E-state index is -0.865. The smallest absolute Gasteiger partial charge is 0.328 e. The lowest BCUT2D eigenvalue weighted by Gasteiger charge is -2.16. The van der Waals surface area contributed by atoms with E-state index in [1.165, 1.54) is 27.4 Å². The molecular weight excluding hydrogens is 470 g/mol. The zero-order chi connectivity index (χ0) is 25.7. The van der Waals surface area contributed by atoms with Crippen molar-refractivity contribution in [2.24, 2.45) is 16.5 Å². The molecule has 0 fully saturated rings. The molecule has 2 amide bonds. The molecule has 1 rings (SSSR count). The van der Waals surface area contributed by atoms with E-state index in [2.05, 4.69) is 15.6 Å². The Morgan fingerprint density at radius 3 is 2.44 bits per heavy atom. The number of hydrogen-bond acceptors (Lipinski definition) is 10. The zero-order valence-corrected chi connectivity index (χ0v) is 20.1. The number of aliphatic imine (C=N–C) groups is 1. The van der Waals surface area contributed by atoms with Crippen LogP contribution in [0.15, 0.2) is 16.0 Å². The van der Waals surface area contributed by atoms with Gasteiger partial charge in [0.15, 0.2) is 17.5 Å². The summed E-state index contributed by atoms with van der Waals surface area (Å²) in [4.78, 5) is 40.2. The molecule has 1 atom stereocenters. The summed E-state index contributed by atoms with van der Waals surface area (Å²) in [5, 5.41) is 25.4. The van der Waals surface area contributed by atoms with Crippen LogP contribution in [0.25, 0.3) is 0 Å². The molecule has 0 unspecified atom stereocenters. The SMILES string of the molecule is COC(=O)[C@H](CCCN=C(N)N)NC(=O)CCNC(=O)CSc1c(O)cc(OC)c(O)c1OC. The molecule has 190 valence electrons. The molecule has 13 nitrogen and oxygen atoms in total. The first-order chi connectivity index (χ1) is 16.1. The third-order valence-electron chi connectivity index (χ3n) is 4.37. The predicted molar refractivity (Wildman–Crippen MR) is 125 cm³/mol. The Kier molecular flexibility index (Phi) is 12.2. The van der Waals surface area contributed by atoms with E-state index in [0.29, 0.717) is 13.0 Å². The molecule has 8 N–H and O–H groups in total. The summed E-state index contributed by atoms with van der Waals surface area (Å²) in [5.74, 6) is -2.19. The summed E-state index contributed by atoms with van der Waals surface area (Å²) in [6.07, 6.45) is 0.650. The molecule has 0 heterocycles. The Balaban J connectivity index is 2.53. The first-order valence-corrected chi connectivity index (χ1v) is 11.1. The lowest BCUT2D eigenvalue weighted by atomic mass is 10.1. The maximum absolute atomic E-state index is 12.2. The van der Waals surface area contributed by atoms with Crippen LogP contribution < -0.4 is 31.6 Å². The number of hydrogen-bond donors (Lipinski definition) is 6. The number of carbonyl (C=O) groups excluding carboxylic acids is 3. The number of nitrogens with zero attached hydrogens (tertiary/aromatic N) is 1. The van der Waals surface area contributed by atoms with Crippen molar-refractivity contribution in [3.05, 3.63) is 6.07 Å². The molecule has 0 aliphatic rings. The summed E-state index contributed by atoms with van der Waals surface area (Å²) in [5.41, 5.74) is 10.5. The van der Waals surface area contributed by atoms with Gasteiger partial charge in [0.2, 0.25) is 17.6 Å². The topological polar surface area (TPSA) is 208 Å². The number of ether oxygens (including phenoxy) is 3. The molecular formula is C20H31N5O8S. The van der Waals surface area contributed by atoms with Crippen molar-refractivity contribution in [1.82, 2.24) is 10.6 Å². The highest BCUT2D eigenvalue weighted by atomic mass is 32.2. The first kappa shape index (κ1) is 28.5. The van der Waals surface area contributed by atoms with Gasteiger partial charge in [-0.1, -0.05) is 0 Å². The number of benzene rings is 1. The number of guanidine groups is 1. The Morgan fingerprint density at radius 2 is 1.85 bits per heavy atom. The van der Waals surface area contributed by atoms with E-state index in [0.717, 1.165) is 11.8 Å². The first-order valence-electron chi connectivity index (χ1n) is 10.1. The number of amides is 2. The fourth-order valence-corrected chi connectivity index (χ4v) is 3.64. The number of thioether (sulfide) groups is 1. The van der Waals surface area contributed by atoms with Gasteiger partial charge in [0.05, 0.1) is 32.0 Å². The van der Waals surface area contributed by atoms with E-state index < -0.39 is 23.8 Å². The molecule has 0 saturated heterocycles. The number of phenols is 2. The van der Waals surface area contributed by atoms with E-state index in [-0.39, 0.29) is 59.0 Å². The number of phenolic OH excluding ortho intramolecular Hbond substituents is 2. The Hall–Kier alpha value is -3.55. The standard InChI is InChI=1S/C20H31N5O8S/c1-31-13-9-12(26)18(17(32-2)16(13)29)34-10-15(28)23-8-6-14(27)25-11(19(30)33-3)5-4-7-24-20(21)22/h9,11,26,29H,4-8,10H2,1-3H3,(H,23,28)(H,25,27)(H4,21,22,24)/t11-/m0/s1. The lowest BCUT2D eigenvalue weighted by Crippen LogP contribution is -2.42. The van der Waals surface area contributed by atoms with E-state index in [9.17, 15) is 24.6 Å². The number of aromatic hydroxyl groups is 2. The normalized spacial score (nSPS) is 11.1. The van der Waals surface area contributed by atoms with Crippen LogP contribution in [0, 0.1) is 0 Å². The third-order valence-corrected chi connectivity index (χ3v) is 5.46. The Bertz CT molecular complexity index is 892. The number of nitrogens with one attached hydrogen (secondary N) is 2. The van der Waals surface area contributed by atoms with Crippen LogP contribution in [0.5, 0.6) is 23.0 Å². The van der Waals surface area contributed by atoms with Crippen LogP contribution in [-0.2, 0) is 19.1 Å². The molecule has 0 radical (unpaired) electrons. The monoisotopic (exact) mass is 501 g/mol. The fraction of sp³-hybridized carbons (Fsp3) is 0.500. The number of methoxy groups -OCH3 is 3. The number of esters is 1. The van der Waals surface area contributed by atoms with Gasteiger partial charge in [-0.25, -0.2) is 4.79 Å². The summed E-state index contributed by atoms with van der Waals surface area (Å²) in [7, 11) is 3.84. The van der Waals surface area contributed by atoms with Gasteiger partial charge in [0, 0.05) is 25.6 Å². The third kappa shape index (κ3) is 9.13. The van der Waals surface area contributed by atoms with Gasteiger partial charge in [-0.2, -0.15) is 0 Å². The van der Waals surface area contributed by atoms with Crippen molar-refractivity contribution in [2.75, 3.05) is 40.2 Å². The molecule has 34 heavy (non-hydrogen) atoms. The van der Waals surface area contributed by atoms with Gasteiger partial charge in [0.1, 0.15) is 11.8 Å². The highest BCUT2D eigenvalue weighted by Crippen LogP contribution is 2.48. The molecule has 0 aliphatic carbocycles. The van der Waals surface area contributed by atoms with Gasteiger partial charge in [0.25, 0.3) is 0 Å². The highest BCUT2D eigenvalue weighted by Gasteiger charge is 2.22. The minimum absolute atomic E-state index is 0.0180. The van der Waals surface area contributed by atoms with Crippen LogP contribution in [-0.4, -0.2) is 80.2 Å². The van der Waals surface area contributed by atoms with Crippen LogP contribution in [0.2, 0.25) is 0 Å². The van der Waals surface area contributed by atoms with E-state index >= 15 is 0 Å². The van der Waals surface area contributed by atoms with Crippen LogP contribution in [0.3, 0.4) is 0 Å². The molecule has 0 saturated carbocycles. The maximum Gasteiger partial charge on any atom is 0.328 e. The second kappa shape index (κ2) is 14.6. The minimum Gasteiger partial charge on any atom is -0.506 e. The van der Waals surface area contributed by atoms with E-state index in [1.54, 1.807) is 0 Å². The molecule has 0 aromatic heterocycles. The second-order valence-corrected chi connectivity index (χ2v) is 7.78. The van der Waals surface area contributed by atoms with Crippen molar-refractivity contribution in [3.63, 3.8) is 0 Å². The van der Waals surface area contributed by atoms with Crippen molar-refractivity contribution in [3.8, 4) is 23.0 Å². The van der Waals surface area contributed by atoms with E-state index in [1.807, 2.05) is 0 Å². The van der Waals surface area contributed by atoms with Gasteiger partial charge < -0.3 is 46.5 Å². The summed E-state index contributed by atoms with van der Waals surface area (Å²) in [6, 6.07) is 0.341. The fourth-order valence-electron chi connectivity index (χ4n) is 2.74. The molecule has 1 aromatic carbocycles. The van der Waals surface area contributed by atoms with Gasteiger partial charge in [-0.15, -0.1) is 11.8 Å². The second-order valence-electron chi connectivity index (χ2n) is 6.79.